The molecule has 140 valence electrons. The summed E-state index contributed by atoms with van der Waals surface area (Å²) in [5.74, 6) is -5.23. The van der Waals surface area contributed by atoms with Crippen molar-refractivity contribution < 1.29 is 33.0 Å². The standard InChI is InChI=1S/C14H12F3N3O5S/c1-5(4-14(15,16)17)11(22)18-6-2-3-26-9(6)10-19-7(13(24)25)8(21)12(23)20-10/h2-3,5,21H,4H2,1H3,(H,18,22)(H,24,25)(H,19,20,23). The minimum absolute atomic E-state index is 0.0548. The molecule has 0 aliphatic carbocycles. The number of thiophene rings is 1. The van der Waals surface area contributed by atoms with E-state index in [2.05, 4.69) is 15.3 Å². The van der Waals surface area contributed by atoms with Gasteiger partial charge in [0.05, 0.1) is 17.0 Å². The lowest BCUT2D eigenvalue weighted by molar-refractivity contribution is -0.150. The van der Waals surface area contributed by atoms with Gasteiger partial charge in [0.25, 0.3) is 5.56 Å². The molecule has 0 saturated heterocycles. The molecule has 2 heterocycles. The summed E-state index contributed by atoms with van der Waals surface area (Å²) in [6.07, 6.45) is -5.82. The summed E-state index contributed by atoms with van der Waals surface area (Å²) in [4.78, 5) is 40.5. The molecule has 0 fully saturated rings. The normalized spacial score (nSPS) is 12.6. The van der Waals surface area contributed by atoms with Crippen LogP contribution < -0.4 is 10.9 Å². The topological polar surface area (TPSA) is 132 Å². The molecular weight excluding hydrogens is 379 g/mol. The third-order valence-corrected chi connectivity index (χ3v) is 4.14. The maximum absolute atomic E-state index is 12.4. The molecule has 1 atom stereocenters. The van der Waals surface area contributed by atoms with Crippen LogP contribution in [0.2, 0.25) is 0 Å². The number of anilines is 1. The van der Waals surface area contributed by atoms with Crippen molar-refractivity contribution in [3.63, 3.8) is 0 Å². The molecule has 0 saturated carbocycles. The summed E-state index contributed by atoms with van der Waals surface area (Å²) >= 11 is 0.960. The number of aromatic amines is 1. The number of amides is 1. The molecule has 1 unspecified atom stereocenters. The van der Waals surface area contributed by atoms with Crippen LogP contribution in [0, 0.1) is 5.92 Å². The Morgan fingerprint density at radius 1 is 1.42 bits per heavy atom. The largest absolute Gasteiger partial charge is 0.501 e. The number of carbonyl (C=O) groups excluding carboxylic acids is 1. The van der Waals surface area contributed by atoms with Crippen LogP contribution in [0.1, 0.15) is 23.8 Å². The van der Waals surface area contributed by atoms with Gasteiger partial charge < -0.3 is 20.5 Å². The van der Waals surface area contributed by atoms with Crippen molar-refractivity contribution in [2.75, 3.05) is 5.32 Å². The first-order valence-corrected chi connectivity index (χ1v) is 7.89. The summed E-state index contributed by atoms with van der Waals surface area (Å²) in [7, 11) is 0. The van der Waals surface area contributed by atoms with Crippen LogP contribution in [0.25, 0.3) is 10.7 Å². The third-order valence-electron chi connectivity index (χ3n) is 3.22. The number of alkyl halides is 3. The van der Waals surface area contributed by atoms with Crippen LogP contribution in [0.3, 0.4) is 0 Å². The third kappa shape index (κ3) is 4.39. The van der Waals surface area contributed by atoms with E-state index in [1.54, 1.807) is 0 Å². The first-order valence-electron chi connectivity index (χ1n) is 7.01. The van der Waals surface area contributed by atoms with Crippen molar-refractivity contribution in [2.24, 2.45) is 5.92 Å². The van der Waals surface area contributed by atoms with Gasteiger partial charge in [-0.1, -0.05) is 6.92 Å². The van der Waals surface area contributed by atoms with Crippen LogP contribution in [-0.4, -0.2) is 38.2 Å². The highest BCUT2D eigenvalue weighted by molar-refractivity contribution is 7.14. The Balaban J connectivity index is 2.33. The summed E-state index contributed by atoms with van der Waals surface area (Å²) in [6.45, 7) is 1.11. The zero-order valence-electron chi connectivity index (χ0n) is 13.0. The Morgan fingerprint density at radius 3 is 2.65 bits per heavy atom. The van der Waals surface area contributed by atoms with E-state index in [9.17, 15) is 32.7 Å². The van der Waals surface area contributed by atoms with Crippen molar-refractivity contribution in [3.05, 3.63) is 27.5 Å². The molecule has 12 heteroatoms. The molecule has 8 nitrogen and oxygen atoms in total. The van der Waals surface area contributed by atoms with Gasteiger partial charge in [-0.25, -0.2) is 9.78 Å². The molecule has 26 heavy (non-hydrogen) atoms. The monoisotopic (exact) mass is 391 g/mol. The maximum atomic E-state index is 12.4. The lowest BCUT2D eigenvalue weighted by Crippen LogP contribution is -2.25. The maximum Gasteiger partial charge on any atom is 0.389 e. The fourth-order valence-corrected chi connectivity index (χ4v) is 2.81. The fourth-order valence-electron chi connectivity index (χ4n) is 2.01. The number of nitrogens with one attached hydrogen (secondary N) is 2. The highest BCUT2D eigenvalue weighted by Gasteiger charge is 2.33. The second kappa shape index (κ2) is 7.15. The number of rotatable bonds is 5. The van der Waals surface area contributed by atoms with Gasteiger partial charge in [0, 0.05) is 5.92 Å². The Hall–Kier alpha value is -2.89. The summed E-state index contributed by atoms with van der Waals surface area (Å²) in [5.41, 5.74) is -1.94. The van der Waals surface area contributed by atoms with E-state index in [-0.39, 0.29) is 16.4 Å². The Labute approximate surface area is 147 Å². The molecule has 2 rings (SSSR count). The van der Waals surface area contributed by atoms with Crippen LogP contribution in [0.5, 0.6) is 5.75 Å². The zero-order chi connectivity index (χ0) is 19.6. The molecule has 2 aromatic heterocycles. The quantitative estimate of drug-likeness (QED) is 0.619. The Morgan fingerprint density at radius 2 is 2.08 bits per heavy atom. The summed E-state index contributed by atoms with van der Waals surface area (Å²) < 4.78 is 37.2. The molecule has 0 aliphatic heterocycles. The van der Waals surface area contributed by atoms with Crippen molar-refractivity contribution in [1.29, 1.82) is 0 Å². The van der Waals surface area contributed by atoms with E-state index >= 15 is 0 Å². The molecule has 0 spiro atoms. The number of aromatic nitrogens is 2. The summed E-state index contributed by atoms with van der Waals surface area (Å²) in [5, 5.41) is 22.1. The number of H-pyrrole nitrogens is 1. The average molecular weight is 391 g/mol. The first-order chi connectivity index (χ1) is 12.0. The molecule has 2 aromatic rings. The van der Waals surface area contributed by atoms with Gasteiger partial charge in [-0.15, -0.1) is 11.3 Å². The average Bonchev–Trinajstić information content (AvgIpc) is 2.95. The predicted octanol–water partition coefficient (Wildman–Crippen LogP) is 2.43. The highest BCUT2D eigenvalue weighted by Crippen LogP contribution is 2.33. The fraction of sp³-hybridized carbons (Fsp3) is 0.286. The number of carbonyl (C=O) groups is 2. The van der Waals surface area contributed by atoms with Crippen LogP contribution in [0.15, 0.2) is 16.2 Å². The van der Waals surface area contributed by atoms with E-state index < -0.39 is 47.4 Å². The SMILES string of the molecule is CC(CC(F)(F)F)C(=O)Nc1ccsc1-c1nc(C(=O)O)c(O)c(=O)[nH]1. The van der Waals surface area contributed by atoms with Crippen LogP contribution >= 0.6 is 11.3 Å². The lowest BCUT2D eigenvalue weighted by Gasteiger charge is -2.14. The Bertz CT molecular complexity index is 906. The highest BCUT2D eigenvalue weighted by atomic mass is 32.1. The number of carboxylic acids is 1. The zero-order valence-corrected chi connectivity index (χ0v) is 13.9. The number of aromatic hydroxyl groups is 1. The van der Waals surface area contributed by atoms with Crippen molar-refractivity contribution in [3.8, 4) is 16.5 Å². The predicted molar refractivity (Wildman–Crippen MR) is 85.3 cm³/mol. The number of nitrogens with zero attached hydrogens (tertiary/aromatic N) is 1. The second-order valence-corrected chi connectivity index (χ2v) is 6.21. The molecular formula is C14H12F3N3O5S. The van der Waals surface area contributed by atoms with Gasteiger partial charge in [0.2, 0.25) is 11.7 Å². The number of hydrogen-bond donors (Lipinski definition) is 4. The van der Waals surface area contributed by atoms with Crippen molar-refractivity contribution in [1.82, 2.24) is 9.97 Å². The van der Waals surface area contributed by atoms with E-state index in [1.165, 1.54) is 11.4 Å². The Kier molecular flexibility index (Phi) is 5.35. The van der Waals surface area contributed by atoms with Gasteiger partial charge in [0.1, 0.15) is 0 Å². The van der Waals surface area contributed by atoms with Crippen LogP contribution in [0.4, 0.5) is 18.9 Å². The molecule has 0 radical (unpaired) electrons. The molecule has 0 aromatic carbocycles. The lowest BCUT2D eigenvalue weighted by atomic mass is 10.1. The number of halogens is 3. The van der Waals surface area contributed by atoms with E-state index in [1.807, 2.05) is 0 Å². The number of aromatic carboxylic acids is 1. The van der Waals surface area contributed by atoms with Crippen molar-refractivity contribution >= 4 is 28.9 Å². The minimum Gasteiger partial charge on any atom is -0.501 e. The second-order valence-electron chi connectivity index (χ2n) is 5.29. The first kappa shape index (κ1) is 19.4. The number of carboxylic acid groups (broad SMARTS) is 1. The van der Waals surface area contributed by atoms with Gasteiger partial charge in [0.15, 0.2) is 11.5 Å². The van der Waals surface area contributed by atoms with E-state index in [0.717, 1.165) is 18.3 Å². The smallest absolute Gasteiger partial charge is 0.389 e. The molecule has 4 N–H and O–H groups in total. The van der Waals surface area contributed by atoms with Gasteiger partial charge in [-0.2, -0.15) is 13.2 Å². The van der Waals surface area contributed by atoms with Crippen LogP contribution in [-0.2, 0) is 4.79 Å². The van der Waals surface area contributed by atoms with E-state index in [4.69, 9.17) is 5.11 Å². The molecule has 1 amide bonds. The van der Waals surface area contributed by atoms with Gasteiger partial charge in [-0.05, 0) is 11.4 Å². The minimum atomic E-state index is -4.51. The number of hydrogen-bond acceptors (Lipinski definition) is 6. The van der Waals surface area contributed by atoms with Crippen molar-refractivity contribution in [2.45, 2.75) is 19.5 Å². The molecule has 0 bridgehead atoms. The van der Waals surface area contributed by atoms with E-state index in [0.29, 0.717) is 0 Å². The van der Waals surface area contributed by atoms with Gasteiger partial charge in [-0.3, -0.25) is 9.59 Å². The van der Waals surface area contributed by atoms with Gasteiger partial charge >= 0.3 is 12.1 Å². The summed E-state index contributed by atoms with van der Waals surface area (Å²) in [6, 6.07) is 1.37. The molecule has 0 aliphatic rings.